The zero-order valence-corrected chi connectivity index (χ0v) is 17.7. The molecule has 156 valence electrons. The van der Waals surface area contributed by atoms with Gasteiger partial charge in [0.25, 0.3) is 5.91 Å². The Morgan fingerprint density at radius 3 is 2.33 bits per heavy atom. The predicted octanol–water partition coefficient (Wildman–Crippen LogP) is 3.95. The van der Waals surface area contributed by atoms with E-state index in [1.165, 1.54) is 0 Å². The molecule has 0 bridgehead atoms. The quantitative estimate of drug-likeness (QED) is 0.759. The van der Waals surface area contributed by atoms with Crippen LogP contribution in [0.1, 0.15) is 42.6 Å². The third-order valence-electron chi connectivity index (χ3n) is 6.42. The number of likely N-dealkylation sites (tertiary alicyclic amines) is 2. The first-order chi connectivity index (χ1) is 14.6. The number of carbonyl (C=O) groups is 1. The maximum Gasteiger partial charge on any atom is 0.253 e. The minimum Gasteiger partial charge on any atom is -0.487 e. The first kappa shape index (κ1) is 20.4. The number of ether oxygens (including phenoxy) is 1. The Kier molecular flexibility index (Phi) is 6.06. The van der Waals surface area contributed by atoms with E-state index in [1.807, 2.05) is 35.2 Å². The normalized spacial score (nSPS) is 22.4. The van der Waals surface area contributed by atoms with Crippen LogP contribution >= 0.6 is 0 Å². The monoisotopic (exact) mass is 403 g/mol. The van der Waals surface area contributed by atoms with Crippen molar-refractivity contribution >= 4 is 5.91 Å². The standard InChI is InChI=1S/C25H29N3O2/c1-18(2)28-17-23(30-22-6-4-3-5-7-22)24(28)20-12-14-27(15-13-20)25(29)21-10-8-19(16-26)9-11-21/h3-11,18,20,23-24H,12-15,17H2,1-2H3/t23-,24-/m0/s1. The summed E-state index contributed by atoms with van der Waals surface area (Å²) in [7, 11) is 0. The van der Waals surface area contributed by atoms with Gasteiger partial charge in [0.15, 0.2) is 0 Å². The lowest BCUT2D eigenvalue weighted by molar-refractivity contribution is -0.0983. The van der Waals surface area contributed by atoms with Gasteiger partial charge in [-0.1, -0.05) is 18.2 Å². The predicted molar refractivity (Wildman–Crippen MR) is 116 cm³/mol. The van der Waals surface area contributed by atoms with E-state index < -0.39 is 0 Å². The number of para-hydroxylation sites is 1. The van der Waals surface area contributed by atoms with Crippen molar-refractivity contribution in [3.05, 3.63) is 65.7 Å². The molecule has 4 rings (SSSR count). The van der Waals surface area contributed by atoms with Gasteiger partial charge >= 0.3 is 0 Å². The Labute approximate surface area is 178 Å². The molecule has 2 heterocycles. The number of amides is 1. The number of hydrogen-bond acceptors (Lipinski definition) is 4. The summed E-state index contributed by atoms with van der Waals surface area (Å²) in [5, 5.41) is 8.94. The van der Waals surface area contributed by atoms with Crippen LogP contribution in [0.25, 0.3) is 0 Å². The van der Waals surface area contributed by atoms with Crippen LogP contribution in [0.4, 0.5) is 0 Å². The first-order valence-corrected chi connectivity index (χ1v) is 10.8. The maximum atomic E-state index is 12.8. The third kappa shape index (κ3) is 4.20. The molecule has 0 aliphatic carbocycles. The molecule has 2 aliphatic heterocycles. The number of hydrogen-bond donors (Lipinski definition) is 0. The molecule has 2 aromatic rings. The fourth-order valence-electron chi connectivity index (χ4n) is 4.74. The molecule has 5 nitrogen and oxygen atoms in total. The highest BCUT2D eigenvalue weighted by atomic mass is 16.5. The second-order valence-electron chi connectivity index (χ2n) is 8.57. The Morgan fingerprint density at radius 2 is 1.73 bits per heavy atom. The fraction of sp³-hybridized carbons (Fsp3) is 0.440. The summed E-state index contributed by atoms with van der Waals surface area (Å²) in [6.45, 7) is 6.99. The number of nitrogens with zero attached hydrogens (tertiary/aromatic N) is 3. The molecule has 0 radical (unpaired) electrons. The van der Waals surface area contributed by atoms with E-state index >= 15 is 0 Å². The molecule has 2 fully saturated rings. The van der Waals surface area contributed by atoms with Gasteiger partial charge in [-0.25, -0.2) is 0 Å². The summed E-state index contributed by atoms with van der Waals surface area (Å²) in [5.74, 6) is 1.52. The molecular weight excluding hydrogens is 374 g/mol. The summed E-state index contributed by atoms with van der Waals surface area (Å²) >= 11 is 0. The largest absolute Gasteiger partial charge is 0.487 e. The van der Waals surface area contributed by atoms with Crippen molar-refractivity contribution in [1.82, 2.24) is 9.80 Å². The fourth-order valence-corrected chi connectivity index (χ4v) is 4.74. The van der Waals surface area contributed by atoms with Gasteiger partial charge in [0, 0.05) is 31.2 Å². The number of nitriles is 1. The Balaban J connectivity index is 1.38. The molecule has 2 aliphatic rings. The zero-order valence-electron chi connectivity index (χ0n) is 17.7. The number of carbonyl (C=O) groups excluding carboxylic acids is 1. The number of rotatable bonds is 5. The summed E-state index contributed by atoms with van der Waals surface area (Å²) in [6, 6.07) is 20.0. The van der Waals surface area contributed by atoms with Crippen LogP contribution in [-0.2, 0) is 0 Å². The summed E-state index contributed by atoms with van der Waals surface area (Å²) in [4.78, 5) is 17.3. The highest BCUT2D eigenvalue weighted by Crippen LogP contribution is 2.36. The highest BCUT2D eigenvalue weighted by Gasteiger charge is 2.47. The molecule has 0 saturated carbocycles. The molecular formula is C25H29N3O2. The molecule has 0 spiro atoms. The van der Waals surface area contributed by atoms with Crippen molar-refractivity contribution in [3.63, 3.8) is 0 Å². The minimum absolute atomic E-state index is 0.0596. The van der Waals surface area contributed by atoms with E-state index in [2.05, 4.69) is 24.8 Å². The van der Waals surface area contributed by atoms with Gasteiger partial charge in [0.2, 0.25) is 0 Å². The Hall–Kier alpha value is -2.84. The highest BCUT2D eigenvalue weighted by molar-refractivity contribution is 5.94. The maximum absolute atomic E-state index is 12.8. The van der Waals surface area contributed by atoms with E-state index in [4.69, 9.17) is 10.00 Å². The first-order valence-electron chi connectivity index (χ1n) is 10.8. The average Bonchev–Trinajstić information content (AvgIpc) is 2.77. The van der Waals surface area contributed by atoms with E-state index in [1.54, 1.807) is 24.3 Å². The van der Waals surface area contributed by atoms with Gasteiger partial charge < -0.3 is 9.64 Å². The lowest BCUT2D eigenvalue weighted by Gasteiger charge is -2.54. The summed E-state index contributed by atoms with van der Waals surface area (Å²) < 4.78 is 6.31. The van der Waals surface area contributed by atoms with Crippen molar-refractivity contribution in [2.45, 2.75) is 44.9 Å². The second-order valence-corrected chi connectivity index (χ2v) is 8.57. The Bertz CT molecular complexity index is 896. The SMILES string of the molecule is CC(C)N1C[C@H](Oc2ccccc2)[C@@H]1C1CCN(C(=O)c2ccc(C#N)cc2)CC1. The van der Waals surface area contributed by atoms with Gasteiger partial charge in [-0.2, -0.15) is 5.26 Å². The molecule has 2 aromatic carbocycles. The molecule has 0 unspecified atom stereocenters. The second kappa shape index (κ2) is 8.89. The van der Waals surface area contributed by atoms with Crippen LogP contribution in [0, 0.1) is 17.2 Å². The topological polar surface area (TPSA) is 56.6 Å². The third-order valence-corrected chi connectivity index (χ3v) is 6.42. The molecule has 2 saturated heterocycles. The molecule has 2 atom stereocenters. The van der Waals surface area contributed by atoms with Gasteiger partial charge in [0.1, 0.15) is 11.9 Å². The van der Waals surface area contributed by atoms with E-state index in [0.29, 0.717) is 29.1 Å². The smallest absolute Gasteiger partial charge is 0.253 e. The lowest BCUT2D eigenvalue weighted by atomic mass is 9.79. The van der Waals surface area contributed by atoms with Gasteiger partial charge in [-0.3, -0.25) is 9.69 Å². The van der Waals surface area contributed by atoms with Gasteiger partial charge in [0.05, 0.1) is 17.7 Å². The van der Waals surface area contributed by atoms with Gasteiger partial charge in [-0.15, -0.1) is 0 Å². The molecule has 0 aromatic heterocycles. The van der Waals surface area contributed by atoms with Crippen LogP contribution < -0.4 is 4.74 Å². The molecule has 1 amide bonds. The Morgan fingerprint density at radius 1 is 1.07 bits per heavy atom. The number of piperidine rings is 1. The van der Waals surface area contributed by atoms with E-state index in [9.17, 15) is 4.79 Å². The number of benzene rings is 2. The van der Waals surface area contributed by atoms with Crippen LogP contribution in [0.15, 0.2) is 54.6 Å². The van der Waals surface area contributed by atoms with E-state index in [-0.39, 0.29) is 12.0 Å². The minimum atomic E-state index is 0.0596. The van der Waals surface area contributed by atoms with Crippen molar-refractivity contribution in [3.8, 4) is 11.8 Å². The molecule has 0 N–H and O–H groups in total. The van der Waals surface area contributed by atoms with E-state index in [0.717, 1.165) is 38.2 Å². The van der Waals surface area contributed by atoms with Crippen LogP contribution in [0.5, 0.6) is 5.75 Å². The van der Waals surface area contributed by atoms with Crippen molar-refractivity contribution in [1.29, 1.82) is 5.26 Å². The van der Waals surface area contributed by atoms with Crippen molar-refractivity contribution in [2.24, 2.45) is 5.92 Å². The molecule has 5 heteroatoms. The van der Waals surface area contributed by atoms with Crippen LogP contribution in [0.3, 0.4) is 0 Å². The van der Waals surface area contributed by atoms with Crippen molar-refractivity contribution < 1.29 is 9.53 Å². The van der Waals surface area contributed by atoms with Crippen LogP contribution in [-0.4, -0.2) is 53.5 Å². The molecule has 30 heavy (non-hydrogen) atoms. The van der Waals surface area contributed by atoms with Gasteiger partial charge in [-0.05, 0) is 69.0 Å². The van der Waals surface area contributed by atoms with Crippen LogP contribution in [0.2, 0.25) is 0 Å². The van der Waals surface area contributed by atoms with Crippen molar-refractivity contribution in [2.75, 3.05) is 19.6 Å². The lowest BCUT2D eigenvalue weighted by Crippen LogP contribution is -2.68. The summed E-state index contributed by atoms with van der Waals surface area (Å²) in [5.41, 5.74) is 1.23. The average molecular weight is 404 g/mol. The zero-order chi connectivity index (χ0) is 21.1. The summed E-state index contributed by atoms with van der Waals surface area (Å²) in [6.07, 6.45) is 2.19.